The molecule has 1 atom stereocenters. The number of anilines is 2. The zero-order chi connectivity index (χ0) is 28.8. The Labute approximate surface area is 252 Å². The minimum atomic E-state index is -0.654. The number of benzene rings is 3. The van der Waals surface area contributed by atoms with Gasteiger partial charge >= 0.3 is 0 Å². The van der Waals surface area contributed by atoms with Gasteiger partial charge in [-0.1, -0.05) is 59.6 Å². The van der Waals surface area contributed by atoms with Crippen molar-refractivity contribution < 1.29 is 9.59 Å². The molecule has 3 aromatic rings. The summed E-state index contributed by atoms with van der Waals surface area (Å²) < 4.78 is 0. The van der Waals surface area contributed by atoms with Crippen LogP contribution in [0.4, 0.5) is 11.4 Å². The molecule has 1 N–H and O–H groups in total. The Kier molecular flexibility index (Phi) is 9.67. The summed E-state index contributed by atoms with van der Waals surface area (Å²) in [6.45, 7) is 8.60. The van der Waals surface area contributed by atoms with Crippen molar-refractivity contribution in [2.75, 3.05) is 49.5 Å². The average Bonchev–Trinajstić information content (AvgIpc) is 3.20. The van der Waals surface area contributed by atoms with Crippen LogP contribution in [-0.4, -0.2) is 76.9 Å². The van der Waals surface area contributed by atoms with Crippen molar-refractivity contribution in [3.05, 3.63) is 95.0 Å². The number of hydrogen-bond donors (Lipinski definition) is 1. The molecule has 0 aromatic heterocycles. The second kappa shape index (κ2) is 13.6. The molecule has 2 heterocycles. The Morgan fingerprint density at radius 1 is 0.902 bits per heavy atom. The summed E-state index contributed by atoms with van der Waals surface area (Å²) >= 11 is 11.8. The zero-order valence-corrected chi connectivity index (χ0v) is 24.9. The maximum atomic E-state index is 13.7. The van der Waals surface area contributed by atoms with E-state index in [0.717, 1.165) is 56.9 Å². The smallest absolute Gasteiger partial charge is 0.256 e. The van der Waals surface area contributed by atoms with E-state index in [1.165, 1.54) is 5.56 Å². The number of rotatable bonds is 10. The molecule has 2 saturated heterocycles. The minimum absolute atomic E-state index is 0.0160. The quantitative estimate of drug-likeness (QED) is 0.329. The van der Waals surface area contributed by atoms with Crippen molar-refractivity contribution in [3.8, 4) is 0 Å². The van der Waals surface area contributed by atoms with Crippen LogP contribution in [0.1, 0.15) is 24.0 Å². The van der Waals surface area contributed by atoms with Crippen LogP contribution in [0.5, 0.6) is 0 Å². The largest absolute Gasteiger partial charge is 0.336 e. The fourth-order valence-electron chi connectivity index (χ4n) is 5.42. The van der Waals surface area contributed by atoms with Crippen LogP contribution in [0.15, 0.2) is 78.9 Å². The predicted octanol–water partition coefficient (Wildman–Crippen LogP) is 5.19. The highest BCUT2D eigenvalue weighted by Crippen LogP contribution is 2.28. The minimum Gasteiger partial charge on any atom is -0.336 e. The number of thiocarbonyl (C=S) groups is 1. The fourth-order valence-corrected chi connectivity index (χ4v) is 5.96. The van der Waals surface area contributed by atoms with Crippen molar-refractivity contribution in [2.24, 2.45) is 0 Å². The molecule has 9 heteroatoms. The Bertz CT molecular complexity index is 1340. The summed E-state index contributed by atoms with van der Waals surface area (Å²) in [5.74, 6) is -0.404. The number of nitrogens with one attached hydrogen (secondary N) is 1. The molecule has 41 heavy (non-hydrogen) atoms. The number of halogens is 1. The van der Waals surface area contributed by atoms with Crippen molar-refractivity contribution in [2.45, 2.75) is 32.4 Å². The van der Waals surface area contributed by atoms with E-state index >= 15 is 0 Å². The number of aryl methyl sites for hydroxylation is 1. The van der Waals surface area contributed by atoms with E-state index in [-0.39, 0.29) is 18.2 Å². The summed E-state index contributed by atoms with van der Waals surface area (Å²) in [5.41, 5.74) is 3.81. The van der Waals surface area contributed by atoms with E-state index in [2.05, 4.69) is 45.4 Å². The summed E-state index contributed by atoms with van der Waals surface area (Å²) in [5, 5.41) is 3.94. The Morgan fingerprint density at radius 2 is 1.56 bits per heavy atom. The van der Waals surface area contributed by atoms with Gasteiger partial charge in [-0.05, 0) is 74.1 Å². The lowest BCUT2D eigenvalue weighted by molar-refractivity contribution is -0.124. The van der Waals surface area contributed by atoms with Gasteiger partial charge in [0.1, 0.15) is 6.04 Å². The normalized spacial score (nSPS) is 18.2. The standard InChI is InChI=1S/C32H36ClN5O2S/c1-24-8-14-28(15-9-24)38-31(40)29(22-30(39)34-27-12-10-26(33)11-13-27)37(32(38)41)17-5-16-35-18-20-36(21-19-35)23-25-6-3-2-4-7-25/h2-4,6-15,29H,5,16-23H2,1H3,(H,34,39). The van der Waals surface area contributed by atoms with Gasteiger partial charge in [0, 0.05) is 50.0 Å². The summed E-state index contributed by atoms with van der Waals surface area (Å²) in [6.07, 6.45) is 0.866. The van der Waals surface area contributed by atoms with Gasteiger partial charge in [-0.2, -0.15) is 0 Å². The molecule has 2 amide bonds. The lowest BCUT2D eigenvalue weighted by atomic mass is 10.1. The SMILES string of the molecule is Cc1ccc(N2C(=O)C(CC(=O)Nc3ccc(Cl)cc3)N(CCCN3CCN(Cc4ccccc4)CC3)C2=S)cc1. The first-order chi connectivity index (χ1) is 19.9. The Balaban J connectivity index is 1.20. The van der Waals surface area contributed by atoms with E-state index < -0.39 is 6.04 Å². The van der Waals surface area contributed by atoms with Crippen molar-refractivity contribution in [1.82, 2.24) is 14.7 Å². The molecule has 0 aliphatic carbocycles. The van der Waals surface area contributed by atoms with Gasteiger partial charge < -0.3 is 15.1 Å². The highest BCUT2D eigenvalue weighted by Gasteiger charge is 2.43. The van der Waals surface area contributed by atoms with Gasteiger partial charge in [-0.15, -0.1) is 0 Å². The summed E-state index contributed by atoms with van der Waals surface area (Å²) in [4.78, 5) is 35.2. The topological polar surface area (TPSA) is 59.1 Å². The molecule has 2 aliphatic heterocycles. The third kappa shape index (κ3) is 7.51. The molecule has 2 aliphatic rings. The molecule has 1 unspecified atom stereocenters. The van der Waals surface area contributed by atoms with Crippen LogP contribution in [0.2, 0.25) is 5.02 Å². The van der Waals surface area contributed by atoms with E-state index in [1.54, 1.807) is 29.2 Å². The van der Waals surface area contributed by atoms with E-state index in [1.807, 2.05) is 36.1 Å². The molecular weight excluding hydrogens is 554 g/mol. The van der Waals surface area contributed by atoms with Crippen molar-refractivity contribution >= 4 is 52.1 Å². The van der Waals surface area contributed by atoms with Crippen LogP contribution < -0.4 is 10.2 Å². The molecule has 3 aromatic carbocycles. The summed E-state index contributed by atoms with van der Waals surface area (Å²) in [7, 11) is 0. The molecule has 0 bridgehead atoms. The number of hydrogen-bond acceptors (Lipinski definition) is 5. The van der Waals surface area contributed by atoms with Crippen LogP contribution in [0.25, 0.3) is 0 Å². The number of nitrogens with zero attached hydrogens (tertiary/aromatic N) is 4. The molecule has 5 rings (SSSR count). The lowest BCUT2D eigenvalue weighted by Crippen LogP contribution is -2.47. The van der Waals surface area contributed by atoms with Gasteiger partial charge in [0.25, 0.3) is 5.91 Å². The van der Waals surface area contributed by atoms with Gasteiger partial charge in [0.15, 0.2) is 5.11 Å². The van der Waals surface area contributed by atoms with E-state index in [0.29, 0.717) is 22.4 Å². The molecule has 0 spiro atoms. The second-order valence-electron chi connectivity index (χ2n) is 10.7. The average molecular weight is 590 g/mol. The first-order valence-electron chi connectivity index (χ1n) is 14.1. The van der Waals surface area contributed by atoms with Crippen LogP contribution in [0, 0.1) is 6.92 Å². The zero-order valence-electron chi connectivity index (χ0n) is 23.3. The van der Waals surface area contributed by atoms with Gasteiger partial charge in [0.2, 0.25) is 5.91 Å². The number of amides is 2. The fraction of sp³-hybridized carbons (Fsp3) is 0.344. The lowest BCUT2D eigenvalue weighted by Gasteiger charge is -2.35. The van der Waals surface area contributed by atoms with Gasteiger partial charge in [-0.3, -0.25) is 19.4 Å². The second-order valence-corrected chi connectivity index (χ2v) is 11.5. The van der Waals surface area contributed by atoms with Gasteiger partial charge in [0.05, 0.1) is 12.1 Å². The first-order valence-corrected chi connectivity index (χ1v) is 14.9. The van der Waals surface area contributed by atoms with Crippen LogP contribution in [0.3, 0.4) is 0 Å². The third-order valence-corrected chi connectivity index (χ3v) is 8.37. The molecule has 0 saturated carbocycles. The third-order valence-electron chi connectivity index (χ3n) is 7.70. The predicted molar refractivity (Wildman–Crippen MR) is 169 cm³/mol. The van der Waals surface area contributed by atoms with Crippen LogP contribution in [-0.2, 0) is 16.1 Å². The van der Waals surface area contributed by atoms with Crippen molar-refractivity contribution in [1.29, 1.82) is 0 Å². The van der Waals surface area contributed by atoms with E-state index in [9.17, 15) is 9.59 Å². The maximum absolute atomic E-state index is 13.7. The van der Waals surface area contributed by atoms with Crippen LogP contribution >= 0.6 is 23.8 Å². The monoisotopic (exact) mass is 589 g/mol. The molecule has 7 nitrogen and oxygen atoms in total. The maximum Gasteiger partial charge on any atom is 0.256 e. The Hall–Kier alpha value is -3.30. The highest BCUT2D eigenvalue weighted by molar-refractivity contribution is 7.80. The first kappa shape index (κ1) is 29.2. The summed E-state index contributed by atoms with van der Waals surface area (Å²) in [6, 6.07) is 24.6. The molecular formula is C32H36ClN5O2S. The Morgan fingerprint density at radius 3 is 2.24 bits per heavy atom. The van der Waals surface area contributed by atoms with Gasteiger partial charge in [-0.25, -0.2) is 0 Å². The van der Waals surface area contributed by atoms with Crippen molar-refractivity contribution in [3.63, 3.8) is 0 Å². The number of carbonyl (C=O) groups excluding carboxylic acids is 2. The highest BCUT2D eigenvalue weighted by atomic mass is 35.5. The molecule has 0 radical (unpaired) electrons. The molecule has 214 valence electrons. The molecule has 2 fully saturated rings. The number of carbonyl (C=O) groups is 2. The number of piperazine rings is 1. The van der Waals surface area contributed by atoms with E-state index in [4.69, 9.17) is 23.8 Å².